The molecule has 172 valence electrons. The molecule has 0 aliphatic carbocycles. The van der Waals surface area contributed by atoms with E-state index in [1.165, 1.54) is 25.9 Å². The number of hydrogen-bond donors (Lipinski definition) is 0. The lowest BCUT2D eigenvalue weighted by atomic mass is 9.73. The SMILES string of the molecule is CN1CCCN(C(=O)C2(c3ccc(OCCCN4CCCC4)cc3)CCOCC2)CC1. The van der Waals surface area contributed by atoms with Gasteiger partial charge in [0.15, 0.2) is 0 Å². The van der Waals surface area contributed by atoms with Gasteiger partial charge in [-0.3, -0.25) is 4.79 Å². The molecule has 6 heteroatoms. The largest absolute Gasteiger partial charge is 0.494 e. The third-order valence-electron chi connectivity index (χ3n) is 7.26. The third kappa shape index (κ3) is 5.60. The zero-order valence-corrected chi connectivity index (χ0v) is 19.2. The molecule has 3 heterocycles. The summed E-state index contributed by atoms with van der Waals surface area (Å²) in [5.74, 6) is 1.18. The Morgan fingerprint density at radius 1 is 0.968 bits per heavy atom. The lowest BCUT2D eigenvalue weighted by Crippen LogP contribution is -2.50. The first-order chi connectivity index (χ1) is 15.2. The smallest absolute Gasteiger partial charge is 0.233 e. The highest BCUT2D eigenvalue weighted by atomic mass is 16.5. The van der Waals surface area contributed by atoms with Gasteiger partial charge in [-0.05, 0) is 82.9 Å². The van der Waals surface area contributed by atoms with Gasteiger partial charge in [0.25, 0.3) is 0 Å². The second kappa shape index (κ2) is 10.8. The highest BCUT2D eigenvalue weighted by molar-refractivity contribution is 5.88. The Hall–Kier alpha value is -1.63. The van der Waals surface area contributed by atoms with Gasteiger partial charge in [0.05, 0.1) is 12.0 Å². The van der Waals surface area contributed by atoms with Crippen LogP contribution < -0.4 is 4.74 Å². The highest BCUT2D eigenvalue weighted by Gasteiger charge is 2.44. The minimum atomic E-state index is -0.463. The van der Waals surface area contributed by atoms with Crippen LogP contribution in [0.4, 0.5) is 0 Å². The van der Waals surface area contributed by atoms with Crippen molar-refractivity contribution in [2.75, 3.05) is 72.7 Å². The lowest BCUT2D eigenvalue weighted by Gasteiger charge is -2.40. The molecule has 4 rings (SSSR count). The Kier molecular flexibility index (Phi) is 7.86. The molecule has 0 bridgehead atoms. The fourth-order valence-electron chi connectivity index (χ4n) is 5.25. The van der Waals surface area contributed by atoms with Gasteiger partial charge >= 0.3 is 0 Å². The van der Waals surface area contributed by atoms with Gasteiger partial charge in [-0.1, -0.05) is 12.1 Å². The summed E-state index contributed by atoms with van der Waals surface area (Å²) < 4.78 is 11.6. The summed E-state index contributed by atoms with van der Waals surface area (Å²) in [6.45, 7) is 9.31. The number of hydrogen-bond acceptors (Lipinski definition) is 5. The number of likely N-dealkylation sites (N-methyl/N-ethyl adjacent to an activating group) is 1. The second-order valence-corrected chi connectivity index (χ2v) is 9.42. The molecule has 0 unspecified atom stereocenters. The van der Waals surface area contributed by atoms with Gasteiger partial charge in [-0.25, -0.2) is 0 Å². The predicted molar refractivity (Wildman–Crippen MR) is 123 cm³/mol. The van der Waals surface area contributed by atoms with E-state index in [1.54, 1.807) is 0 Å². The molecule has 0 saturated carbocycles. The van der Waals surface area contributed by atoms with E-state index >= 15 is 0 Å². The van der Waals surface area contributed by atoms with Gasteiger partial charge in [-0.15, -0.1) is 0 Å². The molecule has 0 aromatic heterocycles. The maximum absolute atomic E-state index is 13.8. The van der Waals surface area contributed by atoms with Gasteiger partial charge in [0, 0.05) is 39.4 Å². The van der Waals surface area contributed by atoms with Crippen LogP contribution in [-0.4, -0.2) is 93.3 Å². The van der Waals surface area contributed by atoms with Gasteiger partial charge in [-0.2, -0.15) is 0 Å². The van der Waals surface area contributed by atoms with Crippen LogP contribution in [0.1, 0.15) is 44.1 Å². The molecule has 3 fully saturated rings. The van der Waals surface area contributed by atoms with Crippen molar-refractivity contribution in [2.24, 2.45) is 0 Å². The Balaban J connectivity index is 1.39. The second-order valence-electron chi connectivity index (χ2n) is 9.42. The summed E-state index contributed by atoms with van der Waals surface area (Å²) in [5.41, 5.74) is 0.651. The molecule has 0 atom stereocenters. The fraction of sp³-hybridized carbons (Fsp3) is 0.720. The average Bonchev–Trinajstić information content (AvgIpc) is 3.24. The average molecular weight is 430 g/mol. The van der Waals surface area contributed by atoms with Crippen LogP contribution in [0.3, 0.4) is 0 Å². The first kappa shape index (κ1) is 22.6. The van der Waals surface area contributed by atoms with Crippen molar-refractivity contribution in [2.45, 2.75) is 43.9 Å². The van der Waals surface area contributed by atoms with E-state index in [1.807, 2.05) is 12.1 Å². The van der Waals surface area contributed by atoms with Crippen molar-refractivity contribution in [3.8, 4) is 5.75 Å². The summed E-state index contributed by atoms with van der Waals surface area (Å²) in [6, 6.07) is 8.32. The minimum absolute atomic E-state index is 0.283. The van der Waals surface area contributed by atoms with Crippen molar-refractivity contribution < 1.29 is 14.3 Å². The van der Waals surface area contributed by atoms with Crippen LogP contribution in [0.2, 0.25) is 0 Å². The molecule has 1 amide bonds. The Morgan fingerprint density at radius 3 is 2.45 bits per heavy atom. The van der Waals surface area contributed by atoms with E-state index in [9.17, 15) is 4.79 Å². The topological polar surface area (TPSA) is 45.2 Å². The predicted octanol–water partition coefficient (Wildman–Crippen LogP) is 2.76. The number of nitrogens with zero attached hydrogens (tertiary/aromatic N) is 3. The van der Waals surface area contributed by atoms with Crippen LogP contribution >= 0.6 is 0 Å². The van der Waals surface area contributed by atoms with Crippen molar-refractivity contribution in [3.63, 3.8) is 0 Å². The molecule has 0 spiro atoms. The number of ether oxygens (including phenoxy) is 2. The summed E-state index contributed by atoms with van der Waals surface area (Å²) in [6.07, 6.45) is 6.29. The number of carbonyl (C=O) groups excluding carboxylic acids is 1. The first-order valence-corrected chi connectivity index (χ1v) is 12.2. The maximum Gasteiger partial charge on any atom is 0.233 e. The molecule has 3 aliphatic rings. The summed E-state index contributed by atoms with van der Waals surface area (Å²) >= 11 is 0. The van der Waals surface area contributed by atoms with E-state index in [4.69, 9.17) is 9.47 Å². The van der Waals surface area contributed by atoms with Gasteiger partial charge < -0.3 is 24.2 Å². The zero-order chi connectivity index (χ0) is 21.5. The molecule has 6 nitrogen and oxygen atoms in total. The Labute approximate surface area is 187 Å². The molecular weight excluding hydrogens is 390 g/mol. The van der Waals surface area contributed by atoms with Crippen LogP contribution in [0.25, 0.3) is 0 Å². The number of carbonyl (C=O) groups is 1. The molecule has 31 heavy (non-hydrogen) atoms. The van der Waals surface area contributed by atoms with Crippen LogP contribution in [0, 0.1) is 0 Å². The Bertz CT molecular complexity index is 696. The Morgan fingerprint density at radius 2 is 1.71 bits per heavy atom. The van der Waals surface area contributed by atoms with Crippen molar-refractivity contribution in [1.29, 1.82) is 0 Å². The molecule has 0 N–H and O–H groups in total. The number of rotatable bonds is 7. The minimum Gasteiger partial charge on any atom is -0.494 e. The molecule has 3 aliphatic heterocycles. The van der Waals surface area contributed by atoms with Gasteiger partial charge in [0.2, 0.25) is 5.91 Å². The lowest BCUT2D eigenvalue weighted by molar-refractivity contribution is -0.141. The number of likely N-dealkylation sites (tertiary alicyclic amines) is 1. The molecule has 3 saturated heterocycles. The summed E-state index contributed by atoms with van der Waals surface area (Å²) in [5, 5.41) is 0. The monoisotopic (exact) mass is 429 g/mol. The van der Waals surface area contributed by atoms with Crippen LogP contribution in [-0.2, 0) is 14.9 Å². The third-order valence-corrected chi connectivity index (χ3v) is 7.26. The van der Waals surface area contributed by atoms with E-state index in [0.29, 0.717) is 13.2 Å². The molecule has 0 radical (unpaired) electrons. The first-order valence-electron chi connectivity index (χ1n) is 12.2. The maximum atomic E-state index is 13.8. The standard InChI is InChI=1S/C25H39N3O3/c1-26-12-4-16-28(18-17-26)24(29)25(10-20-30-21-11-25)22-6-8-23(9-7-22)31-19-5-15-27-13-2-3-14-27/h6-9H,2-5,10-21H2,1H3. The number of benzene rings is 1. The van der Waals surface area contributed by atoms with E-state index in [-0.39, 0.29) is 5.91 Å². The van der Waals surface area contributed by atoms with E-state index in [2.05, 4.69) is 33.9 Å². The van der Waals surface area contributed by atoms with E-state index < -0.39 is 5.41 Å². The summed E-state index contributed by atoms with van der Waals surface area (Å²) in [4.78, 5) is 20.7. The highest BCUT2D eigenvalue weighted by Crippen LogP contribution is 2.38. The molecule has 1 aromatic carbocycles. The molecular formula is C25H39N3O3. The van der Waals surface area contributed by atoms with Crippen molar-refractivity contribution in [3.05, 3.63) is 29.8 Å². The van der Waals surface area contributed by atoms with Crippen LogP contribution in [0.5, 0.6) is 5.75 Å². The fourth-order valence-corrected chi connectivity index (χ4v) is 5.25. The van der Waals surface area contributed by atoms with Crippen LogP contribution in [0.15, 0.2) is 24.3 Å². The van der Waals surface area contributed by atoms with Crippen molar-refractivity contribution >= 4 is 5.91 Å². The van der Waals surface area contributed by atoms with Gasteiger partial charge in [0.1, 0.15) is 5.75 Å². The number of amides is 1. The summed E-state index contributed by atoms with van der Waals surface area (Å²) in [7, 11) is 2.14. The quantitative estimate of drug-likeness (QED) is 0.624. The normalized spacial score (nSPS) is 22.9. The van der Waals surface area contributed by atoms with E-state index in [0.717, 1.165) is 76.3 Å². The molecule has 1 aromatic rings. The van der Waals surface area contributed by atoms with Crippen molar-refractivity contribution in [1.82, 2.24) is 14.7 Å². The zero-order valence-electron chi connectivity index (χ0n) is 19.2.